The lowest BCUT2D eigenvalue weighted by atomic mass is 10.1. The average Bonchev–Trinajstić information content (AvgIpc) is 3.05. The third-order valence-corrected chi connectivity index (χ3v) is 5.57. The lowest BCUT2D eigenvalue weighted by Gasteiger charge is -2.22. The third-order valence-electron chi connectivity index (χ3n) is 4.30. The second-order valence-electron chi connectivity index (χ2n) is 7.02. The molecule has 29 heavy (non-hydrogen) atoms. The molecule has 0 atom stereocenters. The van der Waals surface area contributed by atoms with E-state index in [0.717, 1.165) is 22.3 Å². The van der Waals surface area contributed by atoms with E-state index in [-0.39, 0.29) is 24.9 Å². The number of amides is 1. The topological polar surface area (TPSA) is 45.7 Å². The van der Waals surface area contributed by atoms with Crippen molar-refractivity contribution < 1.29 is 9.53 Å². The zero-order chi connectivity index (χ0) is 20.3. The van der Waals surface area contributed by atoms with E-state index in [2.05, 4.69) is 26.0 Å². The molecule has 0 radical (unpaired) electrons. The van der Waals surface area contributed by atoms with Crippen molar-refractivity contribution in [1.82, 2.24) is 9.88 Å². The number of hydrogen-bond donors (Lipinski definition) is 0. The molecule has 3 aromatic rings. The van der Waals surface area contributed by atoms with Gasteiger partial charge in [-0.3, -0.25) is 9.69 Å². The highest BCUT2D eigenvalue weighted by Gasteiger charge is 2.21. The molecule has 0 bridgehead atoms. The van der Waals surface area contributed by atoms with Crippen LogP contribution in [0.2, 0.25) is 5.02 Å². The zero-order valence-corrected chi connectivity index (χ0v) is 19.3. The monoisotopic (exact) mass is 453 g/mol. The molecule has 0 fully saturated rings. The zero-order valence-electron chi connectivity index (χ0n) is 16.9. The van der Waals surface area contributed by atoms with Crippen LogP contribution in [-0.2, 0) is 4.79 Å². The second kappa shape index (κ2) is 10.3. The van der Waals surface area contributed by atoms with Crippen molar-refractivity contribution in [3.05, 3.63) is 52.5 Å². The van der Waals surface area contributed by atoms with E-state index >= 15 is 0 Å². The normalized spacial score (nSPS) is 10.8. The minimum Gasteiger partial charge on any atom is -0.484 e. The van der Waals surface area contributed by atoms with Crippen LogP contribution in [0.3, 0.4) is 0 Å². The van der Waals surface area contributed by atoms with Crippen molar-refractivity contribution in [2.45, 2.75) is 13.8 Å². The Morgan fingerprint density at radius 3 is 2.48 bits per heavy atom. The van der Waals surface area contributed by atoms with E-state index in [4.69, 9.17) is 21.3 Å². The number of thiazole rings is 1. The minimum atomic E-state index is -0.120. The van der Waals surface area contributed by atoms with Gasteiger partial charge in [0.05, 0.1) is 10.2 Å². The Morgan fingerprint density at radius 2 is 1.83 bits per heavy atom. The number of aromatic nitrogens is 1. The molecule has 2 aromatic carbocycles. The average molecular weight is 454 g/mol. The number of anilines is 1. The second-order valence-corrected chi connectivity index (χ2v) is 8.46. The molecule has 0 saturated heterocycles. The van der Waals surface area contributed by atoms with Gasteiger partial charge in [0.1, 0.15) is 5.75 Å². The molecule has 0 aliphatic rings. The van der Waals surface area contributed by atoms with E-state index in [0.29, 0.717) is 22.4 Å². The molecule has 0 aliphatic heterocycles. The van der Waals surface area contributed by atoms with Crippen LogP contribution in [0.1, 0.15) is 11.1 Å². The molecule has 1 aromatic heterocycles. The summed E-state index contributed by atoms with van der Waals surface area (Å²) in [6.07, 6.45) is 0. The van der Waals surface area contributed by atoms with Crippen LogP contribution in [0.25, 0.3) is 10.2 Å². The molecule has 3 rings (SSSR count). The van der Waals surface area contributed by atoms with E-state index < -0.39 is 0 Å². The lowest BCUT2D eigenvalue weighted by molar-refractivity contribution is -0.120. The van der Waals surface area contributed by atoms with Gasteiger partial charge < -0.3 is 9.64 Å². The third kappa shape index (κ3) is 6.06. The largest absolute Gasteiger partial charge is 0.484 e. The van der Waals surface area contributed by atoms with E-state index in [1.165, 1.54) is 16.9 Å². The van der Waals surface area contributed by atoms with Crippen LogP contribution in [0, 0.1) is 13.8 Å². The molecule has 8 heteroatoms. The Morgan fingerprint density at radius 1 is 1.14 bits per heavy atom. The number of carbonyl (C=O) groups excluding carboxylic acids is 1. The molecule has 1 heterocycles. The SMILES string of the molecule is Cc1cc(C)c2nc(N(CCN(C)C)C(=O)COc3ccc(Cl)cc3)sc2c1.Cl. The molecule has 0 N–H and O–H groups in total. The van der Waals surface area contributed by atoms with Crippen LogP contribution in [0.5, 0.6) is 5.75 Å². The van der Waals surface area contributed by atoms with Gasteiger partial charge in [-0.15, -0.1) is 12.4 Å². The van der Waals surface area contributed by atoms with Crippen LogP contribution in [0.4, 0.5) is 5.13 Å². The van der Waals surface area contributed by atoms with Gasteiger partial charge in [0.15, 0.2) is 11.7 Å². The van der Waals surface area contributed by atoms with E-state index in [9.17, 15) is 4.79 Å². The number of halogens is 2. The summed E-state index contributed by atoms with van der Waals surface area (Å²) >= 11 is 7.44. The summed E-state index contributed by atoms with van der Waals surface area (Å²) in [6.45, 7) is 5.35. The van der Waals surface area contributed by atoms with Gasteiger partial charge in [0.25, 0.3) is 5.91 Å². The first kappa shape index (κ1) is 23.4. The molecular weight excluding hydrogens is 429 g/mol. The quantitative estimate of drug-likeness (QED) is 0.506. The Balaban J connectivity index is 0.00000300. The fourth-order valence-corrected chi connectivity index (χ4v) is 4.17. The van der Waals surface area contributed by atoms with Crippen LogP contribution in [-0.4, -0.2) is 49.6 Å². The maximum Gasteiger partial charge on any atom is 0.266 e. The number of benzene rings is 2. The van der Waals surface area contributed by atoms with Crippen molar-refractivity contribution in [2.75, 3.05) is 38.7 Å². The summed E-state index contributed by atoms with van der Waals surface area (Å²) in [4.78, 5) is 21.5. The fraction of sp³-hybridized carbons (Fsp3) is 0.333. The summed E-state index contributed by atoms with van der Waals surface area (Å²) in [5, 5.41) is 1.33. The first-order valence-electron chi connectivity index (χ1n) is 9.05. The first-order valence-corrected chi connectivity index (χ1v) is 10.2. The summed E-state index contributed by atoms with van der Waals surface area (Å²) in [5.41, 5.74) is 3.26. The van der Waals surface area contributed by atoms with Gasteiger partial charge in [-0.1, -0.05) is 29.0 Å². The fourth-order valence-electron chi connectivity index (χ4n) is 2.86. The minimum absolute atomic E-state index is 0. The number of ether oxygens (including phenoxy) is 1. The predicted octanol–water partition coefficient (Wildman–Crippen LogP) is 4.96. The number of hydrogen-bond acceptors (Lipinski definition) is 5. The van der Waals surface area contributed by atoms with Crippen LogP contribution < -0.4 is 9.64 Å². The predicted molar refractivity (Wildman–Crippen MR) is 124 cm³/mol. The highest BCUT2D eigenvalue weighted by molar-refractivity contribution is 7.22. The number of carbonyl (C=O) groups is 1. The van der Waals surface area contributed by atoms with Gasteiger partial charge in [-0.05, 0) is 69.4 Å². The van der Waals surface area contributed by atoms with Gasteiger partial charge in [0, 0.05) is 18.1 Å². The van der Waals surface area contributed by atoms with Crippen molar-refractivity contribution >= 4 is 56.6 Å². The maximum absolute atomic E-state index is 12.9. The van der Waals surface area contributed by atoms with E-state index in [1.807, 2.05) is 19.0 Å². The molecule has 5 nitrogen and oxygen atoms in total. The highest BCUT2D eigenvalue weighted by Crippen LogP contribution is 2.31. The van der Waals surface area contributed by atoms with Crippen LogP contribution in [0.15, 0.2) is 36.4 Å². The van der Waals surface area contributed by atoms with Crippen molar-refractivity contribution in [1.29, 1.82) is 0 Å². The number of nitrogens with zero attached hydrogens (tertiary/aromatic N) is 3. The van der Waals surface area contributed by atoms with Gasteiger partial charge in [-0.2, -0.15) is 0 Å². The molecule has 1 amide bonds. The van der Waals surface area contributed by atoms with Gasteiger partial charge >= 0.3 is 0 Å². The Hall–Kier alpha value is -1.86. The summed E-state index contributed by atoms with van der Waals surface area (Å²) in [6, 6.07) is 11.2. The number of rotatable bonds is 7. The Bertz CT molecular complexity index is 974. The number of likely N-dealkylation sites (N-methyl/N-ethyl adjacent to an activating group) is 1. The Kier molecular flexibility index (Phi) is 8.28. The smallest absolute Gasteiger partial charge is 0.266 e. The van der Waals surface area contributed by atoms with Gasteiger partial charge in [0.2, 0.25) is 0 Å². The standard InChI is InChI=1S/C21H24ClN3O2S.ClH/c1-14-11-15(2)20-18(12-14)28-21(23-20)25(10-9-24(3)4)19(26)13-27-17-7-5-16(22)6-8-17;/h5-8,11-12H,9-10,13H2,1-4H3;1H. The van der Waals surface area contributed by atoms with Crippen molar-refractivity contribution in [3.63, 3.8) is 0 Å². The molecule has 0 unspecified atom stereocenters. The molecule has 0 saturated carbocycles. The van der Waals surface area contributed by atoms with Crippen LogP contribution >= 0.6 is 35.3 Å². The molecule has 0 aliphatic carbocycles. The summed E-state index contributed by atoms with van der Waals surface area (Å²) in [7, 11) is 3.97. The molecule has 156 valence electrons. The first-order chi connectivity index (χ1) is 13.3. The molecular formula is C21H25Cl2N3O2S. The van der Waals surface area contributed by atoms with Gasteiger partial charge in [-0.25, -0.2) is 4.98 Å². The van der Waals surface area contributed by atoms with Crippen molar-refractivity contribution in [2.24, 2.45) is 0 Å². The summed E-state index contributed by atoms with van der Waals surface area (Å²) in [5.74, 6) is 0.492. The maximum atomic E-state index is 12.9. The van der Waals surface area contributed by atoms with E-state index in [1.54, 1.807) is 29.2 Å². The molecule has 0 spiro atoms. The Labute approximate surface area is 186 Å². The summed E-state index contributed by atoms with van der Waals surface area (Å²) < 4.78 is 6.75. The lowest BCUT2D eigenvalue weighted by Crippen LogP contribution is -2.39. The highest BCUT2D eigenvalue weighted by atomic mass is 35.5. The number of aryl methyl sites for hydroxylation is 2. The van der Waals surface area contributed by atoms with Crippen molar-refractivity contribution in [3.8, 4) is 5.75 Å². The number of fused-ring (bicyclic) bond motifs is 1.